The Balaban J connectivity index is 1.13. The summed E-state index contributed by atoms with van der Waals surface area (Å²) in [6.45, 7) is 6.24. The molecule has 0 aromatic heterocycles. The lowest BCUT2D eigenvalue weighted by Crippen LogP contribution is -2.54. The van der Waals surface area contributed by atoms with Gasteiger partial charge in [-0.25, -0.2) is 4.79 Å². The van der Waals surface area contributed by atoms with Gasteiger partial charge in [-0.3, -0.25) is 14.5 Å². The standard InChI is InChI=1S/C35H44ClF3N6O4/c1-41-14-16-42(17-15-41)26-6-12-44(13-7-26)33(48)25(18-23-19-28(35(37,38)39)32(47)29(36)20-23)21-31(46)43-10-8-27(9-11-43)45-22-24-4-2-3-5-30(24)40-34(45)49/h2-5,19-20,25-27,47H,6-18,21-22H2,1H3,(H,40,49). The molecule has 14 heteroatoms. The normalized spacial score (nSPS) is 21.0. The molecule has 4 amide bonds. The van der Waals surface area contributed by atoms with Crippen LogP contribution in [0.25, 0.3) is 0 Å². The Labute approximate surface area is 289 Å². The number of piperazine rings is 1. The lowest BCUT2D eigenvalue weighted by molar-refractivity contribution is -0.143. The fourth-order valence-electron chi connectivity index (χ4n) is 7.70. The smallest absolute Gasteiger partial charge is 0.420 e. The van der Waals surface area contributed by atoms with Gasteiger partial charge in [0, 0.05) is 83.1 Å². The van der Waals surface area contributed by atoms with Crippen LogP contribution < -0.4 is 5.32 Å². The van der Waals surface area contributed by atoms with Gasteiger partial charge in [0.25, 0.3) is 0 Å². The maximum Gasteiger partial charge on any atom is 0.420 e. The number of phenols is 1. The molecule has 49 heavy (non-hydrogen) atoms. The molecular formula is C35H44ClF3N6O4. The predicted octanol–water partition coefficient (Wildman–Crippen LogP) is 4.89. The number of carbonyl (C=O) groups excluding carboxylic acids is 3. The molecule has 6 rings (SSSR count). The Morgan fingerprint density at radius 1 is 0.939 bits per heavy atom. The van der Waals surface area contributed by atoms with Crippen LogP contribution in [-0.2, 0) is 28.7 Å². The monoisotopic (exact) mass is 704 g/mol. The molecule has 0 saturated carbocycles. The van der Waals surface area contributed by atoms with Crippen LogP contribution in [0.3, 0.4) is 0 Å². The van der Waals surface area contributed by atoms with Crippen molar-refractivity contribution in [2.24, 2.45) is 5.92 Å². The molecule has 2 N–H and O–H groups in total. The summed E-state index contributed by atoms with van der Waals surface area (Å²) in [7, 11) is 2.10. The van der Waals surface area contributed by atoms with Crippen molar-refractivity contribution >= 4 is 35.1 Å². The summed E-state index contributed by atoms with van der Waals surface area (Å²) in [6.07, 6.45) is -2.41. The zero-order chi connectivity index (χ0) is 34.9. The second-order valence-corrected chi connectivity index (χ2v) is 14.2. The van der Waals surface area contributed by atoms with Crippen molar-refractivity contribution in [2.75, 3.05) is 64.7 Å². The Morgan fingerprint density at radius 3 is 2.24 bits per heavy atom. The molecule has 0 spiro atoms. The van der Waals surface area contributed by atoms with Gasteiger partial charge in [0.15, 0.2) is 0 Å². The third-order valence-corrected chi connectivity index (χ3v) is 10.9. The van der Waals surface area contributed by atoms with E-state index in [2.05, 4.69) is 22.2 Å². The van der Waals surface area contributed by atoms with E-state index in [0.29, 0.717) is 51.6 Å². The number of phenolic OH excluding ortho intramolecular Hbond substituents is 1. The summed E-state index contributed by atoms with van der Waals surface area (Å²) in [5.41, 5.74) is 0.682. The van der Waals surface area contributed by atoms with Gasteiger partial charge in [-0.2, -0.15) is 13.2 Å². The number of para-hydroxylation sites is 1. The minimum absolute atomic E-state index is 0.0589. The average Bonchev–Trinajstić information content (AvgIpc) is 3.09. The number of hydrogen-bond acceptors (Lipinski definition) is 6. The number of urea groups is 1. The maximum atomic E-state index is 14.1. The van der Waals surface area contributed by atoms with Gasteiger partial charge in [-0.05, 0) is 68.5 Å². The summed E-state index contributed by atoms with van der Waals surface area (Å²) in [5, 5.41) is 12.5. The highest BCUT2D eigenvalue weighted by Gasteiger charge is 2.38. The van der Waals surface area contributed by atoms with E-state index < -0.39 is 28.4 Å². The fourth-order valence-corrected chi connectivity index (χ4v) is 7.94. The van der Waals surface area contributed by atoms with Gasteiger partial charge >= 0.3 is 12.2 Å². The number of hydrogen-bond donors (Lipinski definition) is 2. The number of carbonyl (C=O) groups is 3. The lowest BCUT2D eigenvalue weighted by Gasteiger charge is -2.43. The molecule has 4 heterocycles. The first-order chi connectivity index (χ1) is 23.4. The number of nitrogens with one attached hydrogen (secondary N) is 1. The first-order valence-corrected chi connectivity index (χ1v) is 17.5. The van der Waals surface area contributed by atoms with Crippen molar-refractivity contribution in [1.82, 2.24) is 24.5 Å². The number of piperidine rings is 2. The molecule has 266 valence electrons. The second-order valence-electron chi connectivity index (χ2n) is 13.8. The van der Waals surface area contributed by atoms with Gasteiger partial charge in [0.2, 0.25) is 11.8 Å². The van der Waals surface area contributed by atoms with Crippen LogP contribution in [-0.4, -0.2) is 119 Å². The van der Waals surface area contributed by atoms with E-state index in [1.807, 2.05) is 24.3 Å². The van der Waals surface area contributed by atoms with Crippen molar-refractivity contribution < 1.29 is 32.7 Å². The number of alkyl halides is 3. The first-order valence-electron chi connectivity index (χ1n) is 17.1. The van der Waals surface area contributed by atoms with Gasteiger partial charge in [0.1, 0.15) is 5.75 Å². The summed E-state index contributed by atoms with van der Waals surface area (Å²) >= 11 is 6.02. The fraction of sp³-hybridized carbons (Fsp3) is 0.571. The van der Waals surface area contributed by atoms with E-state index >= 15 is 0 Å². The number of fused-ring (bicyclic) bond motifs is 1. The van der Waals surface area contributed by atoms with Crippen molar-refractivity contribution in [3.05, 3.63) is 58.1 Å². The molecule has 3 fully saturated rings. The van der Waals surface area contributed by atoms with Gasteiger partial charge in [-0.1, -0.05) is 29.8 Å². The summed E-state index contributed by atoms with van der Waals surface area (Å²) in [4.78, 5) is 50.7. The predicted molar refractivity (Wildman–Crippen MR) is 179 cm³/mol. The number of benzene rings is 2. The first kappa shape index (κ1) is 35.3. The van der Waals surface area contributed by atoms with E-state index in [1.165, 1.54) is 6.07 Å². The molecule has 1 atom stereocenters. The Morgan fingerprint density at radius 2 is 1.57 bits per heavy atom. The summed E-state index contributed by atoms with van der Waals surface area (Å²) in [5.74, 6) is -2.48. The molecule has 3 saturated heterocycles. The number of likely N-dealkylation sites (tertiary alicyclic amines) is 2. The third-order valence-electron chi connectivity index (χ3n) is 10.6. The Kier molecular flexibility index (Phi) is 10.6. The average molecular weight is 705 g/mol. The van der Waals surface area contributed by atoms with E-state index in [9.17, 15) is 32.7 Å². The van der Waals surface area contributed by atoms with Crippen molar-refractivity contribution in [1.29, 1.82) is 0 Å². The van der Waals surface area contributed by atoms with Gasteiger partial charge < -0.3 is 30.0 Å². The second kappa shape index (κ2) is 14.7. The molecule has 1 unspecified atom stereocenters. The quantitative estimate of drug-likeness (QED) is 0.426. The number of amides is 4. The molecule has 10 nitrogen and oxygen atoms in total. The molecule has 2 aromatic carbocycles. The molecular weight excluding hydrogens is 661 g/mol. The number of aromatic hydroxyl groups is 1. The van der Waals surface area contributed by atoms with Crippen LogP contribution in [0.5, 0.6) is 5.75 Å². The van der Waals surface area contributed by atoms with Crippen LogP contribution in [0.2, 0.25) is 5.02 Å². The highest BCUT2D eigenvalue weighted by molar-refractivity contribution is 6.32. The molecule has 4 aliphatic heterocycles. The minimum atomic E-state index is -4.85. The molecule has 4 aliphatic rings. The summed E-state index contributed by atoms with van der Waals surface area (Å²) < 4.78 is 41.2. The molecule has 0 aliphatic carbocycles. The summed E-state index contributed by atoms with van der Waals surface area (Å²) in [6, 6.07) is 9.84. The van der Waals surface area contributed by atoms with Crippen LogP contribution >= 0.6 is 11.6 Å². The Bertz CT molecular complexity index is 1540. The zero-order valence-electron chi connectivity index (χ0n) is 27.7. The van der Waals surface area contributed by atoms with E-state index in [1.54, 1.807) is 14.7 Å². The largest absolute Gasteiger partial charge is 0.506 e. The van der Waals surface area contributed by atoms with E-state index in [-0.39, 0.29) is 42.3 Å². The maximum absolute atomic E-state index is 14.1. The topological polar surface area (TPSA) is 99.7 Å². The van der Waals surface area contributed by atoms with Crippen LogP contribution in [0, 0.1) is 5.92 Å². The highest BCUT2D eigenvalue weighted by atomic mass is 35.5. The van der Waals surface area contributed by atoms with Crippen LogP contribution in [0.1, 0.15) is 48.8 Å². The number of halogens is 4. The van der Waals surface area contributed by atoms with Gasteiger partial charge in [0.05, 0.1) is 16.5 Å². The van der Waals surface area contributed by atoms with E-state index in [0.717, 1.165) is 56.3 Å². The molecule has 2 aromatic rings. The van der Waals surface area contributed by atoms with Crippen LogP contribution in [0.4, 0.5) is 23.7 Å². The zero-order valence-corrected chi connectivity index (χ0v) is 28.5. The minimum Gasteiger partial charge on any atom is -0.506 e. The highest BCUT2D eigenvalue weighted by Crippen LogP contribution is 2.41. The number of nitrogens with zero attached hydrogens (tertiary/aromatic N) is 5. The van der Waals surface area contributed by atoms with Gasteiger partial charge in [-0.15, -0.1) is 0 Å². The van der Waals surface area contributed by atoms with E-state index in [4.69, 9.17) is 11.6 Å². The number of likely N-dealkylation sites (N-methyl/N-ethyl adjacent to an activating group) is 1. The number of rotatable bonds is 7. The van der Waals surface area contributed by atoms with Crippen LogP contribution in [0.15, 0.2) is 36.4 Å². The van der Waals surface area contributed by atoms with Crippen molar-refractivity contribution in [3.8, 4) is 5.75 Å². The van der Waals surface area contributed by atoms with Crippen molar-refractivity contribution in [3.63, 3.8) is 0 Å². The Hall–Kier alpha value is -3.55. The SMILES string of the molecule is CN1CCN(C2CCN(C(=O)C(CC(=O)N3CCC(N4Cc5ccccc5NC4=O)CC3)Cc3cc(Cl)c(O)c(C(F)(F)F)c3)CC2)CC1. The molecule has 0 bridgehead atoms. The lowest BCUT2D eigenvalue weighted by atomic mass is 9.91. The number of anilines is 1. The van der Waals surface area contributed by atoms with Crippen molar-refractivity contribution in [2.45, 2.75) is 63.3 Å². The third kappa shape index (κ3) is 8.10. The molecule has 0 radical (unpaired) electrons.